The van der Waals surface area contributed by atoms with Gasteiger partial charge in [0.2, 0.25) is 5.91 Å². The molecule has 0 aromatic heterocycles. The predicted octanol–water partition coefficient (Wildman–Crippen LogP) is 0.745. The Balaban J connectivity index is 4.07. The van der Waals surface area contributed by atoms with E-state index >= 15 is 0 Å². The van der Waals surface area contributed by atoms with Crippen LogP contribution >= 0.6 is 0 Å². The van der Waals surface area contributed by atoms with Crippen molar-refractivity contribution in [1.29, 1.82) is 0 Å². The fraction of sp³-hybridized carbons (Fsp3) is 0.615. The van der Waals surface area contributed by atoms with Crippen molar-refractivity contribution in [2.75, 3.05) is 13.7 Å². The molecule has 0 saturated heterocycles. The Morgan fingerprint density at radius 2 is 1.85 bits per heavy atom. The first-order valence-electron chi connectivity index (χ1n) is 6.17. The standard InChI is InChI=1S/C13H22N2O5/c1-9(15-12(18)20-13(2,3)4)11(17)14-8-6-7-10(16)19-5/h6-7,9H,8H2,1-5H3,(H,14,17)(H,15,18)/b7-6+/t9-/m0/s1. The second kappa shape index (κ2) is 8.19. The van der Waals surface area contributed by atoms with Gasteiger partial charge in [0.25, 0.3) is 0 Å². The summed E-state index contributed by atoms with van der Waals surface area (Å²) in [5.74, 6) is -0.885. The van der Waals surface area contributed by atoms with E-state index in [2.05, 4.69) is 15.4 Å². The first-order valence-corrected chi connectivity index (χ1v) is 6.17. The number of carbonyl (C=O) groups is 3. The Morgan fingerprint density at radius 3 is 2.35 bits per heavy atom. The molecular formula is C13H22N2O5. The summed E-state index contributed by atoms with van der Waals surface area (Å²) in [6.07, 6.45) is 1.99. The average Bonchev–Trinajstić information content (AvgIpc) is 2.31. The van der Waals surface area contributed by atoms with Gasteiger partial charge in [0.1, 0.15) is 11.6 Å². The van der Waals surface area contributed by atoms with Crippen molar-refractivity contribution in [3.63, 3.8) is 0 Å². The lowest BCUT2D eigenvalue weighted by molar-refractivity contribution is -0.134. The van der Waals surface area contributed by atoms with Crippen LogP contribution in [0.4, 0.5) is 4.79 Å². The van der Waals surface area contributed by atoms with Gasteiger partial charge < -0.3 is 20.1 Å². The maximum absolute atomic E-state index is 11.6. The molecule has 7 nitrogen and oxygen atoms in total. The van der Waals surface area contributed by atoms with Gasteiger partial charge in [-0.25, -0.2) is 9.59 Å². The lowest BCUT2D eigenvalue weighted by Crippen LogP contribution is -2.46. The lowest BCUT2D eigenvalue weighted by Gasteiger charge is -2.21. The smallest absolute Gasteiger partial charge is 0.408 e. The number of nitrogens with one attached hydrogen (secondary N) is 2. The largest absolute Gasteiger partial charge is 0.466 e. The zero-order valence-electron chi connectivity index (χ0n) is 12.5. The molecule has 0 bridgehead atoms. The van der Waals surface area contributed by atoms with E-state index < -0.39 is 23.7 Å². The van der Waals surface area contributed by atoms with E-state index in [1.807, 2.05) is 0 Å². The molecule has 0 spiro atoms. The van der Waals surface area contributed by atoms with Crippen molar-refractivity contribution < 1.29 is 23.9 Å². The molecule has 7 heteroatoms. The SMILES string of the molecule is COC(=O)/C=C/CNC(=O)[C@H](C)NC(=O)OC(C)(C)C. The van der Waals surface area contributed by atoms with E-state index in [0.29, 0.717) is 0 Å². The minimum atomic E-state index is -0.739. The van der Waals surface area contributed by atoms with Gasteiger partial charge in [0.15, 0.2) is 0 Å². The number of hydrogen-bond donors (Lipinski definition) is 2. The molecule has 2 N–H and O–H groups in total. The maximum atomic E-state index is 11.6. The van der Waals surface area contributed by atoms with Crippen LogP contribution in [0.15, 0.2) is 12.2 Å². The monoisotopic (exact) mass is 286 g/mol. The summed E-state index contributed by atoms with van der Waals surface area (Å²) < 4.78 is 9.42. The summed E-state index contributed by atoms with van der Waals surface area (Å²) in [5.41, 5.74) is -0.621. The van der Waals surface area contributed by atoms with E-state index in [1.165, 1.54) is 26.2 Å². The number of rotatable bonds is 5. The summed E-state index contributed by atoms with van der Waals surface area (Å²) in [6.45, 7) is 6.89. The maximum Gasteiger partial charge on any atom is 0.408 e. The molecule has 0 aromatic carbocycles. The molecule has 0 heterocycles. The van der Waals surface area contributed by atoms with Gasteiger partial charge >= 0.3 is 12.1 Å². The van der Waals surface area contributed by atoms with Crippen molar-refractivity contribution in [3.8, 4) is 0 Å². The fourth-order valence-corrected chi connectivity index (χ4v) is 1.09. The highest BCUT2D eigenvalue weighted by atomic mass is 16.6. The van der Waals surface area contributed by atoms with Crippen LogP contribution in [0.2, 0.25) is 0 Å². The lowest BCUT2D eigenvalue weighted by atomic mass is 10.2. The van der Waals surface area contributed by atoms with Gasteiger partial charge in [-0.15, -0.1) is 0 Å². The first kappa shape index (κ1) is 17.9. The molecule has 0 aliphatic heterocycles. The molecule has 20 heavy (non-hydrogen) atoms. The number of carbonyl (C=O) groups excluding carboxylic acids is 3. The average molecular weight is 286 g/mol. The van der Waals surface area contributed by atoms with Crippen LogP contribution in [0.3, 0.4) is 0 Å². The third-order valence-electron chi connectivity index (χ3n) is 1.98. The predicted molar refractivity (Wildman–Crippen MR) is 73.0 cm³/mol. The highest BCUT2D eigenvalue weighted by molar-refractivity contribution is 5.85. The quantitative estimate of drug-likeness (QED) is 0.574. The number of hydrogen-bond acceptors (Lipinski definition) is 5. The summed E-state index contributed by atoms with van der Waals surface area (Å²) in [5, 5.41) is 4.93. The molecule has 0 aromatic rings. The molecular weight excluding hydrogens is 264 g/mol. The van der Waals surface area contributed by atoms with Crippen molar-refractivity contribution in [2.45, 2.75) is 39.3 Å². The molecule has 0 unspecified atom stereocenters. The van der Waals surface area contributed by atoms with Crippen LogP contribution in [-0.2, 0) is 19.1 Å². The molecule has 0 aliphatic carbocycles. The number of methoxy groups -OCH3 is 1. The van der Waals surface area contributed by atoms with E-state index in [9.17, 15) is 14.4 Å². The molecule has 0 rings (SSSR count). The van der Waals surface area contributed by atoms with E-state index in [4.69, 9.17) is 4.74 Å². The summed E-state index contributed by atoms with van der Waals surface area (Å²) in [6, 6.07) is -0.739. The van der Waals surface area contributed by atoms with Crippen LogP contribution in [0, 0.1) is 0 Å². The molecule has 0 radical (unpaired) electrons. The first-order chi connectivity index (χ1) is 9.15. The molecule has 0 fully saturated rings. The van der Waals surface area contributed by atoms with Gasteiger partial charge in [-0.2, -0.15) is 0 Å². The Morgan fingerprint density at radius 1 is 1.25 bits per heavy atom. The topological polar surface area (TPSA) is 93.7 Å². The number of amides is 2. The fourth-order valence-electron chi connectivity index (χ4n) is 1.09. The Bertz CT molecular complexity index is 385. The third kappa shape index (κ3) is 8.96. The van der Waals surface area contributed by atoms with E-state index in [0.717, 1.165) is 0 Å². The summed E-state index contributed by atoms with van der Waals surface area (Å²) >= 11 is 0. The molecule has 2 amide bonds. The number of esters is 1. The van der Waals surface area contributed by atoms with Crippen molar-refractivity contribution >= 4 is 18.0 Å². The summed E-state index contributed by atoms with van der Waals surface area (Å²) in [4.78, 5) is 33.8. The minimum absolute atomic E-state index is 0.161. The summed E-state index contributed by atoms with van der Waals surface area (Å²) in [7, 11) is 1.26. The van der Waals surface area contributed by atoms with Crippen LogP contribution in [0.5, 0.6) is 0 Å². The highest BCUT2D eigenvalue weighted by Crippen LogP contribution is 2.06. The zero-order valence-corrected chi connectivity index (χ0v) is 12.5. The van der Waals surface area contributed by atoms with Gasteiger partial charge in [-0.1, -0.05) is 6.08 Å². The molecule has 114 valence electrons. The number of ether oxygens (including phenoxy) is 2. The van der Waals surface area contributed by atoms with Crippen LogP contribution in [0.1, 0.15) is 27.7 Å². The third-order valence-corrected chi connectivity index (χ3v) is 1.98. The second-order valence-electron chi connectivity index (χ2n) is 5.04. The minimum Gasteiger partial charge on any atom is -0.466 e. The molecule has 0 aliphatic rings. The van der Waals surface area contributed by atoms with Gasteiger partial charge in [0, 0.05) is 12.6 Å². The van der Waals surface area contributed by atoms with Gasteiger partial charge in [0.05, 0.1) is 7.11 Å². The Hall–Kier alpha value is -2.05. The second-order valence-corrected chi connectivity index (χ2v) is 5.04. The van der Waals surface area contributed by atoms with Crippen LogP contribution in [0.25, 0.3) is 0 Å². The van der Waals surface area contributed by atoms with E-state index in [-0.39, 0.29) is 12.5 Å². The normalized spacial score (nSPS) is 12.7. The van der Waals surface area contributed by atoms with Crippen molar-refractivity contribution in [1.82, 2.24) is 10.6 Å². The van der Waals surface area contributed by atoms with Gasteiger partial charge in [-0.3, -0.25) is 4.79 Å². The van der Waals surface area contributed by atoms with Crippen molar-refractivity contribution in [3.05, 3.63) is 12.2 Å². The highest BCUT2D eigenvalue weighted by Gasteiger charge is 2.20. The zero-order chi connectivity index (χ0) is 15.8. The molecule has 1 atom stereocenters. The van der Waals surface area contributed by atoms with Gasteiger partial charge in [-0.05, 0) is 27.7 Å². The Labute approximate surface area is 118 Å². The molecule has 0 saturated carbocycles. The number of alkyl carbamates (subject to hydrolysis) is 1. The van der Waals surface area contributed by atoms with Crippen LogP contribution in [-0.4, -0.2) is 43.3 Å². The van der Waals surface area contributed by atoms with Crippen LogP contribution < -0.4 is 10.6 Å². The van der Waals surface area contributed by atoms with E-state index in [1.54, 1.807) is 20.8 Å². The Kier molecular flexibility index (Phi) is 7.35. The van der Waals surface area contributed by atoms with Crippen molar-refractivity contribution in [2.24, 2.45) is 0 Å².